The van der Waals surface area contributed by atoms with Crippen LogP contribution in [0.15, 0.2) is 84.5 Å². The summed E-state index contributed by atoms with van der Waals surface area (Å²) in [7, 11) is -3.65. The van der Waals surface area contributed by atoms with Gasteiger partial charge in [-0.2, -0.15) is 0 Å². The second kappa shape index (κ2) is 8.96. The summed E-state index contributed by atoms with van der Waals surface area (Å²) in [6.45, 7) is 0.389. The minimum Gasteiger partial charge on any atom is -0.348 e. The quantitative estimate of drug-likeness (QED) is 0.644. The first kappa shape index (κ1) is 19.3. The number of pyridine rings is 1. The fourth-order valence-corrected chi connectivity index (χ4v) is 3.27. The van der Waals surface area contributed by atoms with Crippen molar-refractivity contribution in [3.63, 3.8) is 0 Å². The average molecular weight is 393 g/mol. The lowest BCUT2D eigenvalue weighted by molar-refractivity contribution is 0.0951. The number of rotatable bonds is 7. The Balaban J connectivity index is 1.59. The van der Waals surface area contributed by atoms with Crippen LogP contribution in [0.1, 0.15) is 21.5 Å². The van der Waals surface area contributed by atoms with E-state index in [4.69, 9.17) is 0 Å². The van der Waals surface area contributed by atoms with Gasteiger partial charge >= 0.3 is 0 Å². The second-order valence-electron chi connectivity index (χ2n) is 5.98. The topological polar surface area (TPSA) is 88.2 Å². The highest BCUT2D eigenvalue weighted by Crippen LogP contribution is 2.13. The van der Waals surface area contributed by atoms with Crippen molar-refractivity contribution in [2.75, 3.05) is 4.72 Å². The fourth-order valence-electron chi connectivity index (χ4n) is 2.41. The Morgan fingerprint density at radius 2 is 1.61 bits per heavy atom. The van der Waals surface area contributed by atoms with Crippen LogP contribution < -0.4 is 10.0 Å². The summed E-state index contributed by atoms with van der Waals surface area (Å²) in [5.41, 5.74) is 2.55. The van der Waals surface area contributed by atoms with Crippen LogP contribution in [0, 0.1) is 0 Å². The standard InChI is InChI=1S/C21H19N3O3S/c25-21(23-16-18-10-13-22-14-11-18)19-6-8-20(9-7-19)24-28(26,27)15-12-17-4-2-1-3-5-17/h1-15,24H,16H2,(H,23,25)/b15-12+. The van der Waals surface area contributed by atoms with Crippen LogP contribution in [0.5, 0.6) is 0 Å². The van der Waals surface area contributed by atoms with Crippen molar-refractivity contribution in [3.8, 4) is 0 Å². The number of carbonyl (C=O) groups is 1. The zero-order chi connectivity index (χ0) is 19.8. The molecule has 3 rings (SSSR count). The molecule has 2 aromatic carbocycles. The maximum Gasteiger partial charge on any atom is 0.255 e. The molecule has 0 saturated heterocycles. The van der Waals surface area contributed by atoms with E-state index in [0.717, 1.165) is 16.5 Å². The molecule has 1 aromatic heterocycles. The zero-order valence-electron chi connectivity index (χ0n) is 14.9. The molecule has 3 aromatic rings. The van der Waals surface area contributed by atoms with Gasteiger partial charge in [0.2, 0.25) is 0 Å². The van der Waals surface area contributed by atoms with Crippen LogP contribution in [-0.2, 0) is 16.6 Å². The zero-order valence-corrected chi connectivity index (χ0v) is 15.8. The van der Waals surface area contributed by atoms with E-state index in [2.05, 4.69) is 15.0 Å². The van der Waals surface area contributed by atoms with Gasteiger partial charge in [0.05, 0.1) is 5.41 Å². The van der Waals surface area contributed by atoms with Gasteiger partial charge in [0, 0.05) is 30.2 Å². The summed E-state index contributed by atoms with van der Waals surface area (Å²) in [6.07, 6.45) is 4.84. The first-order valence-electron chi connectivity index (χ1n) is 8.55. The molecule has 7 heteroatoms. The molecule has 6 nitrogen and oxygen atoms in total. The van der Waals surface area contributed by atoms with Crippen molar-refractivity contribution in [1.82, 2.24) is 10.3 Å². The number of nitrogens with zero attached hydrogens (tertiary/aromatic N) is 1. The molecular formula is C21H19N3O3S. The van der Waals surface area contributed by atoms with E-state index in [1.807, 2.05) is 42.5 Å². The summed E-state index contributed by atoms with van der Waals surface area (Å²) in [5, 5.41) is 3.91. The molecule has 142 valence electrons. The number of nitrogens with one attached hydrogen (secondary N) is 2. The summed E-state index contributed by atoms with van der Waals surface area (Å²) in [5.74, 6) is -0.241. The Morgan fingerprint density at radius 3 is 2.29 bits per heavy atom. The van der Waals surface area contributed by atoms with Gasteiger partial charge in [0.1, 0.15) is 0 Å². The molecule has 1 heterocycles. The molecule has 0 saturated carbocycles. The highest BCUT2D eigenvalue weighted by Gasteiger charge is 2.08. The van der Waals surface area contributed by atoms with E-state index < -0.39 is 10.0 Å². The van der Waals surface area contributed by atoms with Crippen molar-refractivity contribution in [3.05, 3.63) is 101 Å². The molecule has 0 radical (unpaired) electrons. The molecule has 28 heavy (non-hydrogen) atoms. The maximum atomic E-state index is 12.2. The largest absolute Gasteiger partial charge is 0.348 e. The second-order valence-corrected chi connectivity index (χ2v) is 7.54. The number of hydrogen-bond donors (Lipinski definition) is 2. The third-order valence-corrected chi connectivity index (χ3v) is 4.86. The third-order valence-electron chi connectivity index (χ3n) is 3.85. The van der Waals surface area contributed by atoms with Crippen molar-refractivity contribution in [1.29, 1.82) is 0 Å². The van der Waals surface area contributed by atoms with Crippen molar-refractivity contribution in [2.45, 2.75) is 6.54 Å². The van der Waals surface area contributed by atoms with Gasteiger partial charge in [-0.3, -0.25) is 14.5 Å². The summed E-state index contributed by atoms with van der Waals surface area (Å²) >= 11 is 0. The molecule has 0 atom stereocenters. The number of carbonyl (C=O) groups excluding carboxylic acids is 1. The lowest BCUT2D eigenvalue weighted by Gasteiger charge is -2.07. The number of anilines is 1. The van der Waals surface area contributed by atoms with E-state index in [-0.39, 0.29) is 5.91 Å². The smallest absolute Gasteiger partial charge is 0.255 e. The molecule has 0 aliphatic carbocycles. The summed E-state index contributed by atoms with van der Waals surface area (Å²) in [4.78, 5) is 16.1. The number of hydrogen-bond acceptors (Lipinski definition) is 4. The van der Waals surface area contributed by atoms with E-state index >= 15 is 0 Å². The van der Waals surface area contributed by atoms with E-state index in [9.17, 15) is 13.2 Å². The summed E-state index contributed by atoms with van der Waals surface area (Å²) in [6, 6.07) is 19.0. The molecule has 0 bridgehead atoms. The molecule has 1 amide bonds. The van der Waals surface area contributed by atoms with Crippen LogP contribution in [-0.4, -0.2) is 19.3 Å². The molecule has 2 N–H and O–H groups in total. The van der Waals surface area contributed by atoms with Gasteiger partial charge in [-0.25, -0.2) is 8.42 Å². The third kappa shape index (κ3) is 5.78. The SMILES string of the molecule is O=C(NCc1ccncc1)c1ccc(NS(=O)(=O)/C=C/c2ccccc2)cc1. The highest BCUT2D eigenvalue weighted by molar-refractivity contribution is 7.95. The molecule has 0 aliphatic heterocycles. The predicted octanol–water partition coefficient (Wildman–Crippen LogP) is 3.42. The first-order chi connectivity index (χ1) is 13.5. The lowest BCUT2D eigenvalue weighted by atomic mass is 10.2. The minimum absolute atomic E-state index is 0.241. The predicted molar refractivity (Wildman–Crippen MR) is 110 cm³/mol. The van der Waals surface area contributed by atoms with E-state index in [0.29, 0.717) is 17.8 Å². The highest BCUT2D eigenvalue weighted by atomic mass is 32.2. The van der Waals surface area contributed by atoms with Gasteiger partial charge in [0.15, 0.2) is 0 Å². The average Bonchev–Trinajstić information content (AvgIpc) is 2.72. The molecular weight excluding hydrogens is 374 g/mol. The van der Waals surface area contributed by atoms with Crippen molar-refractivity contribution < 1.29 is 13.2 Å². The molecule has 0 aliphatic rings. The lowest BCUT2D eigenvalue weighted by Crippen LogP contribution is -2.22. The van der Waals surface area contributed by atoms with Crippen LogP contribution in [0.4, 0.5) is 5.69 Å². The number of benzene rings is 2. The van der Waals surface area contributed by atoms with Crippen molar-refractivity contribution >= 4 is 27.7 Å². The Bertz CT molecular complexity index is 1050. The molecule has 0 spiro atoms. The van der Waals surface area contributed by atoms with Crippen LogP contribution >= 0.6 is 0 Å². The van der Waals surface area contributed by atoms with E-state index in [1.54, 1.807) is 36.7 Å². The minimum atomic E-state index is -3.65. The Morgan fingerprint density at radius 1 is 0.929 bits per heavy atom. The van der Waals surface area contributed by atoms with Gasteiger partial charge < -0.3 is 5.32 Å². The van der Waals surface area contributed by atoms with Gasteiger partial charge in [-0.05, 0) is 53.6 Å². The van der Waals surface area contributed by atoms with E-state index in [1.165, 1.54) is 6.08 Å². The molecule has 0 unspecified atom stereocenters. The fraction of sp³-hybridized carbons (Fsp3) is 0.0476. The number of sulfonamides is 1. The first-order valence-corrected chi connectivity index (χ1v) is 10.1. The normalized spacial score (nSPS) is 11.3. The maximum absolute atomic E-state index is 12.2. The monoisotopic (exact) mass is 393 g/mol. The van der Waals surface area contributed by atoms with Gasteiger partial charge in [-0.15, -0.1) is 0 Å². The van der Waals surface area contributed by atoms with Crippen LogP contribution in [0.25, 0.3) is 6.08 Å². The molecule has 0 fully saturated rings. The Kier molecular flexibility index (Phi) is 6.18. The Labute approximate surface area is 164 Å². The van der Waals surface area contributed by atoms with Gasteiger partial charge in [0.25, 0.3) is 15.9 Å². The Hall–Kier alpha value is -3.45. The van der Waals surface area contributed by atoms with Crippen molar-refractivity contribution in [2.24, 2.45) is 0 Å². The van der Waals surface area contributed by atoms with Crippen LogP contribution in [0.3, 0.4) is 0 Å². The summed E-state index contributed by atoms with van der Waals surface area (Å²) < 4.78 is 26.8. The van der Waals surface area contributed by atoms with Crippen LogP contribution in [0.2, 0.25) is 0 Å². The van der Waals surface area contributed by atoms with Gasteiger partial charge in [-0.1, -0.05) is 30.3 Å². The number of aromatic nitrogens is 1. The number of amides is 1.